The van der Waals surface area contributed by atoms with Gasteiger partial charge in [-0.1, -0.05) is 23.2 Å². The summed E-state index contributed by atoms with van der Waals surface area (Å²) in [7, 11) is 0. The molecule has 2 nitrogen and oxygen atoms in total. The molecule has 2 aromatic rings. The van der Waals surface area contributed by atoms with Crippen LogP contribution >= 0.6 is 50.5 Å². The molecule has 0 bridgehead atoms. The number of halogens is 3. The van der Waals surface area contributed by atoms with E-state index in [1.807, 2.05) is 30.3 Å². The lowest BCUT2D eigenvalue weighted by Crippen LogP contribution is -2.19. The molecule has 0 fully saturated rings. The second-order valence-corrected chi connectivity index (χ2v) is 6.71. The van der Waals surface area contributed by atoms with Crippen LogP contribution in [0.3, 0.4) is 0 Å². The van der Waals surface area contributed by atoms with Crippen LogP contribution in [-0.4, -0.2) is 6.54 Å². The van der Waals surface area contributed by atoms with Gasteiger partial charge in [0.2, 0.25) is 0 Å². The summed E-state index contributed by atoms with van der Waals surface area (Å²) in [6, 6.07) is 9.62. The van der Waals surface area contributed by atoms with Crippen LogP contribution in [0, 0.1) is 0 Å². The Kier molecular flexibility index (Phi) is 4.92. The third kappa shape index (κ3) is 3.39. The molecule has 1 aromatic carbocycles. The van der Waals surface area contributed by atoms with Crippen LogP contribution in [0.2, 0.25) is 9.36 Å². The molecule has 2 rings (SSSR count). The fourth-order valence-corrected chi connectivity index (χ4v) is 3.10. The highest BCUT2D eigenvalue weighted by Crippen LogP contribution is 2.31. The van der Waals surface area contributed by atoms with Crippen LogP contribution in [0.5, 0.6) is 0 Å². The monoisotopic (exact) mass is 364 g/mol. The summed E-state index contributed by atoms with van der Waals surface area (Å²) >= 11 is 16.9. The zero-order valence-corrected chi connectivity index (χ0v) is 13.2. The van der Waals surface area contributed by atoms with Crippen LogP contribution in [0.4, 0.5) is 5.69 Å². The van der Waals surface area contributed by atoms with Gasteiger partial charge in [0.25, 0.3) is 0 Å². The Hall–Kier alpha value is -0.260. The maximum absolute atomic E-state index is 6.05. The molecule has 0 aliphatic heterocycles. The van der Waals surface area contributed by atoms with E-state index in [2.05, 4.69) is 21.2 Å². The SMILES string of the molecule is NCC(Nc1ccc(Br)c(Cl)c1)c1ccc(Cl)s1. The summed E-state index contributed by atoms with van der Waals surface area (Å²) < 4.78 is 1.64. The number of rotatable bonds is 4. The number of nitrogens with two attached hydrogens (primary N) is 1. The molecule has 1 unspecified atom stereocenters. The Morgan fingerprint density at radius 3 is 2.61 bits per heavy atom. The van der Waals surface area contributed by atoms with Gasteiger partial charge in [-0.3, -0.25) is 0 Å². The van der Waals surface area contributed by atoms with E-state index in [1.165, 1.54) is 11.3 Å². The van der Waals surface area contributed by atoms with E-state index in [0.717, 1.165) is 19.4 Å². The Balaban J connectivity index is 2.17. The number of hydrogen-bond acceptors (Lipinski definition) is 3. The van der Waals surface area contributed by atoms with Crippen LogP contribution in [0.15, 0.2) is 34.8 Å². The molecule has 0 radical (unpaired) electrons. The van der Waals surface area contributed by atoms with Crippen molar-refractivity contribution in [2.24, 2.45) is 5.73 Å². The molecule has 3 N–H and O–H groups in total. The molecule has 0 aliphatic carbocycles. The maximum atomic E-state index is 6.05. The molecule has 1 atom stereocenters. The van der Waals surface area contributed by atoms with Gasteiger partial charge in [0.1, 0.15) is 0 Å². The van der Waals surface area contributed by atoms with Gasteiger partial charge < -0.3 is 11.1 Å². The zero-order chi connectivity index (χ0) is 13.1. The van der Waals surface area contributed by atoms with Crippen molar-refractivity contribution in [2.75, 3.05) is 11.9 Å². The Morgan fingerprint density at radius 2 is 2.06 bits per heavy atom. The average molecular weight is 366 g/mol. The van der Waals surface area contributed by atoms with Gasteiger partial charge in [-0.2, -0.15) is 0 Å². The topological polar surface area (TPSA) is 38.0 Å². The average Bonchev–Trinajstić information content (AvgIpc) is 2.77. The lowest BCUT2D eigenvalue weighted by molar-refractivity contribution is 0.806. The van der Waals surface area contributed by atoms with Crippen molar-refractivity contribution in [1.82, 2.24) is 0 Å². The summed E-state index contributed by atoms with van der Waals surface area (Å²) in [4.78, 5) is 1.11. The largest absolute Gasteiger partial charge is 0.376 e. The third-order valence-corrected chi connectivity index (χ3v) is 5.01. The second kappa shape index (κ2) is 6.26. The van der Waals surface area contributed by atoms with Crippen molar-refractivity contribution in [3.63, 3.8) is 0 Å². The number of benzene rings is 1. The molecule has 0 saturated carbocycles. The minimum absolute atomic E-state index is 0.0414. The molecule has 1 aromatic heterocycles. The van der Waals surface area contributed by atoms with Crippen molar-refractivity contribution in [2.45, 2.75) is 6.04 Å². The number of anilines is 1. The van der Waals surface area contributed by atoms with Gasteiger partial charge in [0, 0.05) is 21.6 Å². The number of thiophene rings is 1. The summed E-state index contributed by atoms with van der Waals surface area (Å²) in [6.45, 7) is 0.491. The Bertz CT molecular complexity index is 545. The molecular weight excluding hydrogens is 355 g/mol. The van der Waals surface area contributed by atoms with Crippen molar-refractivity contribution in [1.29, 1.82) is 0 Å². The highest BCUT2D eigenvalue weighted by Gasteiger charge is 2.12. The standard InChI is InChI=1S/C12H11BrCl2N2S/c13-8-2-1-7(5-9(8)14)17-10(6-16)11-3-4-12(15)18-11/h1-5,10,17H,6,16H2. The van der Waals surface area contributed by atoms with Crippen LogP contribution in [-0.2, 0) is 0 Å². The molecule has 1 heterocycles. The second-order valence-electron chi connectivity index (χ2n) is 3.70. The van der Waals surface area contributed by atoms with Gasteiger partial charge in [-0.05, 0) is 46.3 Å². The van der Waals surface area contributed by atoms with E-state index >= 15 is 0 Å². The maximum Gasteiger partial charge on any atom is 0.0932 e. The summed E-state index contributed by atoms with van der Waals surface area (Å²) in [5.41, 5.74) is 6.72. The molecule has 0 saturated heterocycles. The van der Waals surface area contributed by atoms with E-state index in [0.29, 0.717) is 11.6 Å². The van der Waals surface area contributed by atoms with Gasteiger partial charge in [-0.15, -0.1) is 11.3 Å². The highest BCUT2D eigenvalue weighted by atomic mass is 79.9. The lowest BCUT2D eigenvalue weighted by atomic mass is 10.2. The zero-order valence-electron chi connectivity index (χ0n) is 9.29. The van der Waals surface area contributed by atoms with Crippen molar-refractivity contribution >= 4 is 56.2 Å². The number of nitrogens with one attached hydrogen (secondary N) is 1. The minimum Gasteiger partial charge on any atom is -0.376 e. The van der Waals surface area contributed by atoms with E-state index in [9.17, 15) is 0 Å². The van der Waals surface area contributed by atoms with Gasteiger partial charge in [0.05, 0.1) is 15.4 Å². The first-order valence-electron chi connectivity index (χ1n) is 5.27. The molecule has 18 heavy (non-hydrogen) atoms. The molecular formula is C12H11BrCl2N2S. The molecule has 0 aliphatic rings. The van der Waals surface area contributed by atoms with Gasteiger partial charge in [-0.25, -0.2) is 0 Å². The van der Waals surface area contributed by atoms with E-state index in [1.54, 1.807) is 0 Å². The Morgan fingerprint density at radius 1 is 1.28 bits per heavy atom. The first-order valence-corrected chi connectivity index (χ1v) is 7.63. The van der Waals surface area contributed by atoms with E-state index in [4.69, 9.17) is 28.9 Å². The van der Waals surface area contributed by atoms with Crippen LogP contribution < -0.4 is 11.1 Å². The summed E-state index contributed by atoms with van der Waals surface area (Å²) in [5, 5.41) is 4.01. The van der Waals surface area contributed by atoms with E-state index < -0.39 is 0 Å². The molecule has 96 valence electrons. The highest BCUT2D eigenvalue weighted by molar-refractivity contribution is 9.10. The van der Waals surface area contributed by atoms with E-state index in [-0.39, 0.29) is 6.04 Å². The van der Waals surface area contributed by atoms with Crippen molar-refractivity contribution < 1.29 is 0 Å². The fourth-order valence-electron chi connectivity index (χ4n) is 1.55. The first kappa shape index (κ1) is 14.2. The number of hydrogen-bond donors (Lipinski definition) is 2. The summed E-state index contributed by atoms with van der Waals surface area (Å²) in [5.74, 6) is 0. The van der Waals surface area contributed by atoms with Gasteiger partial charge in [0.15, 0.2) is 0 Å². The van der Waals surface area contributed by atoms with Crippen LogP contribution in [0.1, 0.15) is 10.9 Å². The predicted octanol–water partition coefficient (Wildman–Crippen LogP) is 4.93. The van der Waals surface area contributed by atoms with Gasteiger partial charge >= 0.3 is 0 Å². The molecule has 6 heteroatoms. The van der Waals surface area contributed by atoms with Crippen LogP contribution in [0.25, 0.3) is 0 Å². The van der Waals surface area contributed by atoms with Crippen molar-refractivity contribution in [3.05, 3.63) is 49.0 Å². The normalized spacial score (nSPS) is 12.4. The summed E-state index contributed by atoms with van der Waals surface area (Å²) in [6.07, 6.45) is 0. The Labute approximate surface area is 128 Å². The predicted molar refractivity (Wildman–Crippen MR) is 83.9 cm³/mol. The quantitative estimate of drug-likeness (QED) is 0.806. The first-order chi connectivity index (χ1) is 8.60. The molecule has 0 spiro atoms. The third-order valence-electron chi connectivity index (χ3n) is 2.43. The lowest BCUT2D eigenvalue weighted by Gasteiger charge is -2.17. The smallest absolute Gasteiger partial charge is 0.0932 e. The minimum atomic E-state index is 0.0414. The fraction of sp³-hybridized carbons (Fsp3) is 0.167. The molecule has 0 amide bonds. The van der Waals surface area contributed by atoms with Crippen molar-refractivity contribution in [3.8, 4) is 0 Å².